The number of para-hydroxylation sites is 1. The highest BCUT2D eigenvalue weighted by Gasteiger charge is 2.18. The van der Waals surface area contributed by atoms with E-state index in [0.717, 1.165) is 39.5 Å². The third-order valence-electron chi connectivity index (χ3n) is 4.97. The largest absolute Gasteiger partial charge is 0.341 e. The summed E-state index contributed by atoms with van der Waals surface area (Å²) in [5.41, 5.74) is 4.49. The summed E-state index contributed by atoms with van der Waals surface area (Å²) in [4.78, 5) is 0.318. The summed E-state index contributed by atoms with van der Waals surface area (Å²) >= 11 is 0. The van der Waals surface area contributed by atoms with Gasteiger partial charge in [0, 0.05) is 34.0 Å². The van der Waals surface area contributed by atoms with Crippen LogP contribution in [-0.4, -0.2) is 13.0 Å². The van der Waals surface area contributed by atoms with Crippen LogP contribution in [0.5, 0.6) is 0 Å². The summed E-state index contributed by atoms with van der Waals surface area (Å²) in [5.74, 6) is 0. The topological polar surface area (TPSA) is 51.1 Å². The smallest absolute Gasteiger partial charge is 0.262 e. The van der Waals surface area contributed by atoms with Gasteiger partial charge in [0.2, 0.25) is 0 Å². The fraction of sp³-hybridized carbons (Fsp3) is 0.182. The second-order valence-corrected chi connectivity index (χ2v) is 8.52. The molecule has 0 bridgehead atoms. The van der Waals surface area contributed by atoms with E-state index in [9.17, 15) is 8.42 Å². The third kappa shape index (κ3) is 2.98. The van der Waals surface area contributed by atoms with E-state index in [4.69, 9.17) is 0 Å². The van der Waals surface area contributed by atoms with Gasteiger partial charge in [0.05, 0.1) is 4.90 Å². The molecule has 4 aromatic rings. The number of nitrogens with one attached hydrogen (secondary N) is 1. The number of anilines is 1. The molecule has 0 saturated heterocycles. The van der Waals surface area contributed by atoms with Crippen LogP contribution in [0.3, 0.4) is 0 Å². The van der Waals surface area contributed by atoms with Crippen molar-refractivity contribution < 1.29 is 8.42 Å². The van der Waals surface area contributed by atoms with Crippen molar-refractivity contribution in [3.05, 3.63) is 71.8 Å². The molecular formula is C22H22N2O2S. The monoisotopic (exact) mass is 378 g/mol. The predicted octanol–water partition coefficient (Wildman–Crippen LogP) is 5.23. The lowest BCUT2D eigenvalue weighted by atomic mass is 10.1. The minimum atomic E-state index is -3.64. The third-order valence-corrected chi connectivity index (χ3v) is 6.50. The van der Waals surface area contributed by atoms with E-state index in [1.807, 2.05) is 56.3 Å². The first-order valence-electron chi connectivity index (χ1n) is 9.02. The zero-order valence-electron chi connectivity index (χ0n) is 15.7. The average molecular weight is 378 g/mol. The number of sulfonamides is 1. The molecular weight excluding hydrogens is 356 g/mol. The summed E-state index contributed by atoms with van der Waals surface area (Å²) in [6.45, 7) is 6.68. The minimum Gasteiger partial charge on any atom is -0.341 e. The van der Waals surface area contributed by atoms with Gasteiger partial charge in [-0.2, -0.15) is 0 Å². The lowest BCUT2D eigenvalue weighted by Crippen LogP contribution is -2.14. The lowest BCUT2D eigenvalue weighted by Gasteiger charge is -2.11. The van der Waals surface area contributed by atoms with Crippen molar-refractivity contribution in [1.29, 1.82) is 0 Å². The van der Waals surface area contributed by atoms with Crippen LogP contribution in [0.25, 0.3) is 21.8 Å². The molecule has 1 N–H and O–H groups in total. The van der Waals surface area contributed by atoms with E-state index >= 15 is 0 Å². The standard InChI is InChI=1S/C22H22N2O2S/c1-4-24-20-8-6-5-7-18(20)19-14-17(11-12-21(19)24)23-27(25,26)22-13-15(2)9-10-16(22)3/h5-14,23H,4H2,1-3H3. The van der Waals surface area contributed by atoms with Crippen LogP contribution >= 0.6 is 0 Å². The number of nitrogens with zero attached hydrogens (tertiary/aromatic N) is 1. The Balaban J connectivity index is 1.83. The fourth-order valence-corrected chi connectivity index (χ4v) is 5.04. The molecule has 0 aliphatic heterocycles. The Morgan fingerprint density at radius 3 is 2.41 bits per heavy atom. The van der Waals surface area contributed by atoms with Gasteiger partial charge in [0.25, 0.3) is 10.0 Å². The molecule has 0 unspecified atom stereocenters. The number of rotatable bonds is 4. The minimum absolute atomic E-state index is 0.318. The van der Waals surface area contributed by atoms with Crippen LogP contribution in [0.1, 0.15) is 18.1 Å². The average Bonchev–Trinajstić information content (AvgIpc) is 2.96. The summed E-state index contributed by atoms with van der Waals surface area (Å²) < 4.78 is 30.8. The highest BCUT2D eigenvalue weighted by molar-refractivity contribution is 7.92. The molecule has 0 spiro atoms. The number of benzene rings is 3. The molecule has 138 valence electrons. The van der Waals surface area contributed by atoms with E-state index in [2.05, 4.69) is 28.3 Å². The molecule has 0 atom stereocenters. The zero-order chi connectivity index (χ0) is 19.2. The molecule has 1 aromatic heterocycles. The molecule has 5 heteroatoms. The zero-order valence-corrected chi connectivity index (χ0v) is 16.5. The van der Waals surface area contributed by atoms with Gasteiger partial charge in [-0.1, -0.05) is 30.3 Å². The van der Waals surface area contributed by atoms with Gasteiger partial charge in [0.15, 0.2) is 0 Å². The number of aromatic nitrogens is 1. The van der Waals surface area contributed by atoms with Gasteiger partial charge in [0.1, 0.15) is 0 Å². The van der Waals surface area contributed by atoms with Gasteiger partial charge < -0.3 is 4.57 Å². The maximum Gasteiger partial charge on any atom is 0.262 e. The number of fused-ring (bicyclic) bond motifs is 3. The molecule has 4 nitrogen and oxygen atoms in total. The van der Waals surface area contributed by atoms with Crippen molar-refractivity contribution in [2.24, 2.45) is 0 Å². The van der Waals surface area contributed by atoms with Crippen LogP contribution < -0.4 is 4.72 Å². The lowest BCUT2D eigenvalue weighted by molar-refractivity contribution is 0.600. The molecule has 0 fully saturated rings. The normalized spacial score (nSPS) is 12.0. The van der Waals surface area contributed by atoms with E-state index in [1.54, 1.807) is 6.07 Å². The molecule has 4 rings (SSSR count). The molecule has 0 aliphatic carbocycles. The Bertz CT molecular complexity index is 1270. The Kier molecular flexibility index (Phi) is 4.19. The fourth-order valence-electron chi connectivity index (χ4n) is 3.66. The Morgan fingerprint density at radius 1 is 0.889 bits per heavy atom. The second kappa shape index (κ2) is 6.43. The van der Waals surface area contributed by atoms with Crippen molar-refractivity contribution in [3.63, 3.8) is 0 Å². The first-order chi connectivity index (χ1) is 12.9. The molecule has 0 radical (unpaired) electrons. The molecule has 27 heavy (non-hydrogen) atoms. The highest BCUT2D eigenvalue weighted by Crippen LogP contribution is 2.31. The maximum absolute atomic E-state index is 12.9. The number of hydrogen-bond donors (Lipinski definition) is 1. The van der Waals surface area contributed by atoms with Crippen LogP contribution in [0.2, 0.25) is 0 Å². The van der Waals surface area contributed by atoms with Crippen molar-refractivity contribution in [2.75, 3.05) is 4.72 Å². The SMILES string of the molecule is CCn1c2ccccc2c2cc(NS(=O)(=O)c3cc(C)ccc3C)ccc21. The summed E-state index contributed by atoms with van der Waals surface area (Å²) in [5, 5.41) is 2.18. The van der Waals surface area contributed by atoms with Crippen molar-refractivity contribution in [1.82, 2.24) is 4.57 Å². The maximum atomic E-state index is 12.9. The van der Waals surface area contributed by atoms with E-state index in [0.29, 0.717) is 10.6 Å². The van der Waals surface area contributed by atoms with Gasteiger partial charge in [-0.15, -0.1) is 0 Å². The van der Waals surface area contributed by atoms with Crippen LogP contribution in [0.4, 0.5) is 5.69 Å². The number of hydrogen-bond acceptors (Lipinski definition) is 2. The van der Waals surface area contributed by atoms with Gasteiger partial charge in [-0.3, -0.25) is 4.72 Å². The Hall–Kier alpha value is -2.79. The molecule has 1 heterocycles. The molecule has 3 aromatic carbocycles. The van der Waals surface area contributed by atoms with Crippen molar-refractivity contribution >= 4 is 37.5 Å². The van der Waals surface area contributed by atoms with Crippen LogP contribution in [-0.2, 0) is 16.6 Å². The quantitative estimate of drug-likeness (QED) is 0.528. The van der Waals surface area contributed by atoms with E-state index in [1.165, 1.54) is 0 Å². The predicted molar refractivity (Wildman–Crippen MR) is 112 cm³/mol. The molecule has 0 saturated carbocycles. The highest BCUT2D eigenvalue weighted by atomic mass is 32.2. The second-order valence-electron chi connectivity index (χ2n) is 6.87. The van der Waals surface area contributed by atoms with Crippen LogP contribution in [0.15, 0.2) is 65.6 Å². The van der Waals surface area contributed by atoms with Crippen molar-refractivity contribution in [3.8, 4) is 0 Å². The number of aryl methyl sites for hydroxylation is 3. The summed E-state index contributed by atoms with van der Waals surface area (Å²) in [6, 6.07) is 19.4. The summed E-state index contributed by atoms with van der Waals surface area (Å²) in [7, 11) is -3.64. The first-order valence-corrected chi connectivity index (χ1v) is 10.5. The Morgan fingerprint density at radius 2 is 1.63 bits per heavy atom. The molecule has 0 aliphatic rings. The van der Waals surface area contributed by atoms with E-state index in [-0.39, 0.29) is 0 Å². The van der Waals surface area contributed by atoms with E-state index < -0.39 is 10.0 Å². The molecule has 0 amide bonds. The van der Waals surface area contributed by atoms with Gasteiger partial charge >= 0.3 is 0 Å². The summed E-state index contributed by atoms with van der Waals surface area (Å²) in [6.07, 6.45) is 0. The van der Waals surface area contributed by atoms with Crippen molar-refractivity contribution in [2.45, 2.75) is 32.2 Å². The first kappa shape index (κ1) is 17.6. The Labute approximate surface area is 159 Å². The van der Waals surface area contributed by atoms with Gasteiger partial charge in [-0.25, -0.2) is 8.42 Å². The van der Waals surface area contributed by atoms with Gasteiger partial charge in [-0.05, 0) is 62.2 Å². The van der Waals surface area contributed by atoms with Crippen LogP contribution in [0, 0.1) is 13.8 Å².